The standard InChI is InChI=1S/C13H18FNO2S/c1-9(15)13(18-8-7-12(16)17-2)10-3-5-11(14)6-4-10/h3-6,9,13H,7-8,15H2,1-2H3. The van der Waals surface area contributed by atoms with Gasteiger partial charge in [-0.3, -0.25) is 4.79 Å². The minimum Gasteiger partial charge on any atom is -0.469 e. The zero-order chi connectivity index (χ0) is 13.5. The monoisotopic (exact) mass is 271 g/mol. The van der Waals surface area contributed by atoms with E-state index < -0.39 is 0 Å². The highest BCUT2D eigenvalue weighted by Crippen LogP contribution is 2.31. The summed E-state index contributed by atoms with van der Waals surface area (Å²) in [6.45, 7) is 1.90. The molecule has 0 aromatic heterocycles. The Morgan fingerprint density at radius 3 is 2.56 bits per heavy atom. The maximum atomic E-state index is 12.9. The summed E-state index contributed by atoms with van der Waals surface area (Å²) in [5, 5.41) is 0.0512. The highest BCUT2D eigenvalue weighted by molar-refractivity contribution is 7.99. The molecule has 0 saturated heterocycles. The molecule has 0 fully saturated rings. The van der Waals surface area contributed by atoms with Crippen LogP contribution in [0.2, 0.25) is 0 Å². The third-order valence-corrected chi connectivity index (χ3v) is 4.01. The van der Waals surface area contributed by atoms with E-state index in [9.17, 15) is 9.18 Å². The second-order valence-corrected chi connectivity index (χ2v) is 5.28. The van der Waals surface area contributed by atoms with Gasteiger partial charge in [0.2, 0.25) is 0 Å². The number of esters is 1. The molecular weight excluding hydrogens is 253 g/mol. The molecule has 1 aromatic rings. The van der Waals surface area contributed by atoms with E-state index in [-0.39, 0.29) is 23.1 Å². The summed E-state index contributed by atoms with van der Waals surface area (Å²) >= 11 is 1.58. The lowest BCUT2D eigenvalue weighted by molar-refractivity contribution is -0.140. The van der Waals surface area contributed by atoms with Crippen LogP contribution in [0.15, 0.2) is 24.3 Å². The Bertz CT molecular complexity index is 381. The van der Waals surface area contributed by atoms with Gasteiger partial charge in [0, 0.05) is 17.0 Å². The van der Waals surface area contributed by atoms with Gasteiger partial charge in [-0.15, -0.1) is 0 Å². The number of carbonyl (C=O) groups is 1. The number of methoxy groups -OCH3 is 1. The quantitative estimate of drug-likeness (QED) is 0.808. The SMILES string of the molecule is COC(=O)CCSC(c1ccc(F)cc1)C(C)N. The van der Waals surface area contributed by atoms with E-state index in [1.165, 1.54) is 19.2 Å². The molecule has 1 rings (SSSR count). The van der Waals surface area contributed by atoms with E-state index in [4.69, 9.17) is 5.73 Å². The van der Waals surface area contributed by atoms with Gasteiger partial charge in [-0.2, -0.15) is 11.8 Å². The summed E-state index contributed by atoms with van der Waals surface area (Å²) in [5.41, 5.74) is 6.90. The zero-order valence-electron chi connectivity index (χ0n) is 10.6. The molecule has 0 aliphatic heterocycles. The van der Waals surface area contributed by atoms with Gasteiger partial charge in [-0.05, 0) is 24.6 Å². The number of carbonyl (C=O) groups excluding carboxylic acids is 1. The Morgan fingerprint density at radius 1 is 1.44 bits per heavy atom. The molecule has 0 aliphatic carbocycles. The van der Waals surface area contributed by atoms with Crippen LogP contribution in [0.1, 0.15) is 24.2 Å². The molecule has 0 heterocycles. The number of rotatable bonds is 6. The smallest absolute Gasteiger partial charge is 0.306 e. The molecule has 0 bridgehead atoms. The average Bonchev–Trinajstić information content (AvgIpc) is 2.35. The number of ether oxygens (including phenoxy) is 1. The van der Waals surface area contributed by atoms with E-state index in [0.29, 0.717) is 12.2 Å². The lowest BCUT2D eigenvalue weighted by Crippen LogP contribution is -2.23. The van der Waals surface area contributed by atoms with Crippen molar-refractivity contribution in [2.75, 3.05) is 12.9 Å². The summed E-state index contributed by atoms with van der Waals surface area (Å²) in [7, 11) is 1.37. The number of nitrogens with two attached hydrogens (primary N) is 1. The third-order valence-electron chi connectivity index (χ3n) is 2.51. The molecule has 0 radical (unpaired) electrons. The molecule has 2 N–H and O–H groups in total. The topological polar surface area (TPSA) is 52.3 Å². The molecule has 100 valence electrons. The van der Waals surface area contributed by atoms with E-state index in [1.54, 1.807) is 23.9 Å². The highest BCUT2D eigenvalue weighted by atomic mass is 32.2. The molecule has 0 saturated carbocycles. The first-order chi connectivity index (χ1) is 8.54. The Hall–Kier alpha value is -1.07. The normalized spacial score (nSPS) is 14.0. The van der Waals surface area contributed by atoms with Gasteiger partial charge in [0.15, 0.2) is 0 Å². The summed E-state index contributed by atoms with van der Waals surface area (Å²) in [4.78, 5) is 11.0. The number of thioether (sulfide) groups is 1. The van der Waals surface area contributed by atoms with Gasteiger partial charge in [0.25, 0.3) is 0 Å². The van der Waals surface area contributed by atoms with E-state index in [0.717, 1.165) is 5.56 Å². The van der Waals surface area contributed by atoms with Crippen molar-refractivity contribution in [2.45, 2.75) is 24.6 Å². The second kappa shape index (κ2) is 7.38. The van der Waals surface area contributed by atoms with Crippen molar-refractivity contribution < 1.29 is 13.9 Å². The van der Waals surface area contributed by atoms with Crippen LogP contribution in [-0.2, 0) is 9.53 Å². The molecule has 2 unspecified atom stereocenters. The number of halogens is 1. The molecule has 1 aromatic carbocycles. The van der Waals surface area contributed by atoms with Crippen molar-refractivity contribution in [3.8, 4) is 0 Å². The van der Waals surface area contributed by atoms with Crippen molar-refractivity contribution >= 4 is 17.7 Å². The molecule has 0 amide bonds. The summed E-state index contributed by atoms with van der Waals surface area (Å²) in [5.74, 6) is 0.141. The maximum absolute atomic E-state index is 12.9. The van der Waals surface area contributed by atoms with Gasteiger partial charge in [0.05, 0.1) is 13.5 Å². The predicted octanol–water partition coefficient (Wildman–Crippen LogP) is 2.51. The summed E-state index contributed by atoms with van der Waals surface area (Å²) in [6.07, 6.45) is 0.353. The van der Waals surface area contributed by atoms with Crippen LogP contribution in [0, 0.1) is 5.82 Å². The molecular formula is C13H18FNO2S. The molecule has 2 atom stereocenters. The van der Waals surface area contributed by atoms with Crippen molar-refractivity contribution in [3.63, 3.8) is 0 Å². The number of hydrogen-bond acceptors (Lipinski definition) is 4. The van der Waals surface area contributed by atoms with Crippen LogP contribution in [0.4, 0.5) is 4.39 Å². The lowest BCUT2D eigenvalue weighted by atomic mass is 10.1. The lowest BCUT2D eigenvalue weighted by Gasteiger charge is -2.20. The Labute approximate surface area is 111 Å². The number of benzene rings is 1. The molecule has 5 heteroatoms. The minimum absolute atomic E-state index is 0.0512. The number of hydrogen-bond donors (Lipinski definition) is 1. The van der Waals surface area contributed by atoms with E-state index in [1.807, 2.05) is 6.92 Å². The first-order valence-corrected chi connectivity index (χ1v) is 6.79. The third kappa shape index (κ3) is 4.66. The highest BCUT2D eigenvalue weighted by Gasteiger charge is 2.17. The Kier molecular flexibility index (Phi) is 6.15. The Morgan fingerprint density at radius 2 is 2.06 bits per heavy atom. The first-order valence-electron chi connectivity index (χ1n) is 5.74. The fourth-order valence-electron chi connectivity index (χ4n) is 1.58. The minimum atomic E-state index is -0.262. The summed E-state index contributed by atoms with van der Waals surface area (Å²) < 4.78 is 17.4. The average molecular weight is 271 g/mol. The molecule has 3 nitrogen and oxygen atoms in total. The van der Waals surface area contributed by atoms with Crippen LogP contribution < -0.4 is 5.73 Å². The molecule has 18 heavy (non-hydrogen) atoms. The van der Waals surface area contributed by atoms with Gasteiger partial charge in [0.1, 0.15) is 5.82 Å². The van der Waals surface area contributed by atoms with Crippen molar-refractivity contribution in [1.29, 1.82) is 0 Å². The predicted molar refractivity (Wildman–Crippen MR) is 71.9 cm³/mol. The van der Waals surface area contributed by atoms with Crippen LogP contribution in [0.25, 0.3) is 0 Å². The maximum Gasteiger partial charge on any atom is 0.306 e. The fourth-order valence-corrected chi connectivity index (χ4v) is 2.77. The molecule has 0 aliphatic rings. The fraction of sp³-hybridized carbons (Fsp3) is 0.462. The van der Waals surface area contributed by atoms with Crippen molar-refractivity contribution in [2.24, 2.45) is 5.73 Å². The van der Waals surface area contributed by atoms with Gasteiger partial charge in [-0.25, -0.2) is 4.39 Å². The molecule has 0 spiro atoms. The van der Waals surface area contributed by atoms with Gasteiger partial charge in [-0.1, -0.05) is 12.1 Å². The zero-order valence-corrected chi connectivity index (χ0v) is 11.4. The van der Waals surface area contributed by atoms with Crippen molar-refractivity contribution in [1.82, 2.24) is 0 Å². The first kappa shape index (κ1) is 15.0. The second-order valence-electron chi connectivity index (χ2n) is 4.03. The van der Waals surface area contributed by atoms with Crippen LogP contribution in [0.3, 0.4) is 0 Å². The van der Waals surface area contributed by atoms with E-state index in [2.05, 4.69) is 4.74 Å². The Balaban J connectivity index is 2.60. The van der Waals surface area contributed by atoms with Crippen LogP contribution in [-0.4, -0.2) is 24.9 Å². The summed E-state index contributed by atoms with van der Waals surface area (Å²) in [6, 6.07) is 6.23. The van der Waals surface area contributed by atoms with Crippen LogP contribution >= 0.6 is 11.8 Å². The van der Waals surface area contributed by atoms with Gasteiger partial charge >= 0.3 is 5.97 Å². The van der Waals surface area contributed by atoms with Crippen molar-refractivity contribution in [3.05, 3.63) is 35.6 Å². The van der Waals surface area contributed by atoms with E-state index >= 15 is 0 Å². The van der Waals surface area contributed by atoms with Gasteiger partial charge < -0.3 is 10.5 Å². The van der Waals surface area contributed by atoms with Crippen LogP contribution in [0.5, 0.6) is 0 Å². The largest absolute Gasteiger partial charge is 0.469 e.